The number of aromatic nitrogens is 4. The van der Waals surface area contributed by atoms with Crippen molar-refractivity contribution >= 4 is 32.2 Å². The van der Waals surface area contributed by atoms with Gasteiger partial charge in [-0.1, -0.05) is 35.9 Å². The topological polar surface area (TPSA) is 220 Å². The van der Waals surface area contributed by atoms with Crippen LogP contribution in [-0.2, 0) is 20.2 Å². The number of rotatable bonds is 12. The minimum absolute atomic E-state index is 0.106. The molecule has 3 rings (SSSR count). The van der Waals surface area contributed by atoms with Crippen molar-refractivity contribution in [3.05, 3.63) is 59.7 Å². The van der Waals surface area contributed by atoms with Gasteiger partial charge in [-0.2, -0.15) is 0 Å². The Morgan fingerprint density at radius 3 is 2.41 bits per heavy atom. The summed E-state index contributed by atoms with van der Waals surface area (Å²) in [5, 5.41) is 35.1. The number of allylic oxidation sites excluding steroid dienone is 1. The molecule has 4 atom stereocenters. The molecule has 37 heavy (non-hydrogen) atoms. The summed E-state index contributed by atoms with van der Waals surface area (Å²) in [7, 11) is -9.53. The van der Waals surface area contributed by atoms with Gasteiger partial charge in [-0.3, -0.25) is 13.7 Å². The van der Waals surface area contributed by atoms with Crippen molar-refractivity contribution in [1.82, 2.24) is 19.5 Å². The summed E-state index contributed by atoms with van der Waals surface area (Å²) in [5.41, 5.74) is 2.50. The molecule has 0 bridgehead atoms. The normalized spacial score (nSPS) is 16.8. The Bertz CT molecular complexity index is 1340. The number of hydrogen-bond donors (Lipinski definition) is 7. The average Bonchev–Trinajstić information content (AvgIpc) is 3.26. The molecule has 0 spiro atoms. The standard InChI is InChI=1S/C21H29N5O9P2/c1-3-15(9-35-37(33,34)12-36(30,31)32)17(27)18(28)21(29)26-11-25-16-19(23-10-24-20(16)26)22-8-14-6-4-13(2)5-7-14/h3-7,10-11,17-18,21,27-29H,8-9,12H2,1-2H3,(H,33,34)(H,22,23,24)(H2,30,31,32)/b15-3-/t17-,18-,21-/m1/s1. The molecule has 14 nitrogen and oxygen atoms in total. The maximum absolute atomic E-state index is 11.9. The van der Waals surface area contributed by atoms with E-state index in [9.17, 15) is 29.3 Å². The summed E-state index contributed by atoms with van der Waals surface area (Å²) in [5.74, 6) is -1.02. The second-order valence-electron chi connectivity index (χ2n) is 8.32. The van der Waals surface area contributed by atoms with Crippen molar-refractivity contribution in [2.75, 3.05) is 17.8 Å². The molecule has 2 heterocycles. The maximum Gasteiger partial charge on any atom is 0.340 e. The predicted molar refractivity (Wildman–Crippen MR) is 134 cm³/mol. The molecule has 1 aromatic carbocycles. The van der Waals surface area contributed by atoms with E-state index in [0.29, 0.717) is 17.9 Å². The van der Waals surface area contributed by atoms with Gasteiger partial charge in [0.1, 0.15) is 18.5 Å². The molecule has 0 amide bonds. The second-order valence-corrected chi connectivity index (χ2v) is 12.3. The molecule has 0 radical (unpaired) electrons. The fraction of sp³-hybridized carbons (Fsp3) is 0.381. The highest BCUT2D eigenvalue weighted by molar-refractivity contribution is 7.70. The molecule has 0 aliphatic carbocycles. The van der Waals surface area contributed by atoms with Crippen LogP contribution in [0.1, 0.15) is 24.3 Å². The Balaban J connectivity index is 1.72. The molecule has 1 unspecified atom stereocenters. The highest BCUT2D eigenvalue weighted by atomic mass is 31.2. The van der Waals surface area contributed by atoms with Crippen molar-refractivity contribution in [2.24, 2.45) is 0 Å². The lowest BCUT2D eigenvalue weighted by atomic mass is 10.0. The molecule has 202 valence electrons. The lowest BCUT2D eigenvalue weighted by Crippen LogP contribution is -2.37. The number of aliphatic hydroxyl groups is 3. The molecule has 2 aromatic heterocycles. The highest BCUT2D eigenvalue weighted by Gasteiger charge is 2.34. The third kappa shape index (κ3) is 7.74. The molecule has 3 aromatic rings. The monoisotopic (exact) mass is 557 g/mol. The fourth-order valence-corrected chi connectivity index (χ4v) is 5.94. The van der Waals surface area contributed by atoms with Gasteiger partial charge in [0.25, 0.3) is 0 Å². The van der Waals surface area contributed by atoms with Crippen molar-refractivity contribution in [1.29, 1.82) is 0 Å². The van der Waals surface area contributed by atoms with Crippen LogP contribution < -0.4 is 5.32 Å². The molecular weight excluding hydrogens is 528 g/mol. The van der Waals surface area contributed by atoms with Crippen LogP contribution in [0.4, 0.5) is 5.82 Å². The summed E-state index contributed by atoms with van der Waals surface area (Å²) in [4.78, 5) is 39.9. The molecule has 0 saturated heterocycles. The van der Waals surface area contributed by atoms with Gasteiger partial charge in [0, 0.05) is 6.54 Å². The van der Waals surface area contributed by atoms with E-state index < -0.39 is 46.1 Å². The van der Waals surface area contributed by atoms with Crippen molar-refractivity contribution in [3.8, 4) is 0 Å². The Labute approximate surface area is 212 Å². The first kappa shape index (κ1) is 29.1. The molecule has 0 aliphatic rings. The van der Waals surface area contributed by atoms with Gasteiger partial charge in [-0.25, -0.2) is 15.0 Å². The number of nitrogens with one attached hydrogen (secondary N) is 1. The molecule has 0 aliphatic heterocycles. The number of aryl methyl sites for hydroxylation is 1. The third-order valence-electron chi connectivity index (χ3n) is 5.40. The van der Waals surface area contributed by atoms with Crippen LogP contribution in [0.15, 0.2) is 48.6 Å². The van der Waals surface area contributed by atoms with Crippen molar-refractivity contribution in [2.45, 2.75) is 38.8 Å². The lowest BCUT2D eigenvalue weighted by molar-refractivity contribution is -0.0795. The fourth-order valence-electron chi connectivity index (χ4n) is 3.40. The molecule has 16 heteroatoms. The quantitative estimate of drug-likeness (QED) is 0.123. The second kappa shape index (κ2) is 11.9. The van der Waals surface area contributed by atoms with E-state index in [4.69, 9.17) is 14.3 Å². The first-order chi connectivity index (χ1) is 17.3. The van der Waals surface area contributed by atoms with E-state index in [1.165, 1.54) is 25.7 Å². The zero-order chi connectivity index (χ0) is 27.4. The number of imidazole rings is 1. The highest BCUT2D eigenvalue weighted by Crippen LogP contribution is 2.55. The van der Waals surface area contributed by atoms with Crippen LogP contribution in [0.3, 0.4) is 0 Å². The van der Waals surface area contributed by atoms with Crippen LogP contribution in [0.25, 0.3) is 11.2 Å². The van der Waals surface area contributed by atoms with Crippen LogP contribution >= 0.6 is 15.2 Å². The third-order valence-corrected chi connectivity index (χ3v) is 8.84. The molecule has 0 saturated carbocycles. The molecule has 7 N–H and O–H groups in total. The van der Waals surface area contributed by atoms with E-state index in [1.807, 2.05) is 31.2 Å². The number of hydrogen-bond acceptors (Lipinski definition) is 10. The van der Waals surface area contributed by atoms with E-state index in [2.05, 4.69) is 20.3 Å². The molecule has 0 fully saturated rings. The number of benzene rings is 1. The smallest absolute Gasteiger partial charge is 0.340 e. The zero-order valence-electron chi connectivity index (χ0n) is 20.0. The van der Waals surface area contributed by atoms with E-state index in [1.54, 1.807) is 0 Å². The number of nitrogens with zero attached hydrogens (tertiary/aromatic N) is 4. The van der Waals surface area contributed by atoms with Crippen LogP contribution in [-0.4, -0.2) is 74.2 Å². The Hall–Kier alpha value is -2.51. The van der Waals surface area contributed by atoms with Gasteiger partial charge in [0.15, 0.2) is 29.1 Å². The Morgan fingerprint density at radius 1 is 1.11 bits per heavy atom. The first-order valence-electron chi connectivity index (χ1n) is 11.0. The Morgan fingerprint density at radius 2 is 1.78 bits per heavy atom. The zero-order valence-corrected chi connectivity index (χ0v) is 21.8. The minimum atomic E-state index is -4.84. The van der Waals surface area contributed by atoms with Gasteiger partial charge >= 0.3 is 15.2 Å². The summed E-state index contributed by atoms with van der Waals surface area (Å²) < 4.78 is 28.7. The van der Waals surface area contributed by atoms with Crippen LogP contribution in [0.2, 0.25) is 0 Å². The number of anilines is 1. The first-order valence-corrected chi connectivity index (χ1v) is 14.5. The van der Waals surface area contributed by atoms with Gasteiger partial charge in [-0.05, 0) is 25.0 Å². The van der Waals surface area contributed by atoms with Crippen molar-refractivity contribution < 1.29 is 43.7 Å². The van der Waals surface area contributed by atoms with Crippen molar-refractivity contribution in [3.63, 3.8) is 0 Å². The van der Waals surface area contributed by atoms with Gasteiger partial charge in [0.05, 0.1) is 12.9 Å². The van der Waals surface area contributed by atoms with E-state index >= 15 is 0 Å². The summed E-state index contributed by atoms with van der Waals surface area (Å²) in [6, 6.07) is 7.88. The molecular formula is C21H29N5O9P2. The van der Waals surface area contributed by atoms with Gasteiger partial charge < -0.3 is 39.8 Å². The van der Waals surface area contributed by atoms with Crippen LogP contribution in [0.5, 0.6) is 0 Å². The van der Waals surface area contributed by atoms with E-state index in [0.717, 1.165) is 15.7 Å². The predicted octanol–water partition coefficient (Wildman–Crippen LogP) is 1.24. The van der Waals surface area contributed by atoms with Crippen LogP contribution in [0, 0.1) is 6.92 Å². The number of aliphatic hydroxyl groups excluding tert-OH is 3. The maximum atomic E-state index is 11.9. The Kier molecular flexibility index (Phi) is 9.35. The average molecular weight is 557 g/mol. The van der Waals surface area contributed by atoms with Gasteiger partial charge in [0.2, 0.25) is 0 Å². The number of fused-ring (bicyclic) bond motifs is 1. The van der Waals surface area contributed by atoms with Gasteiger partial charge in [-0.15, -0.1) is 0 Å². The summed E-state index contributed by atoms with van der Waals surface area (Å²) in [6.07, 6.45) is -1.63. The lowest BCUT2D eigenvalue weighted by Gasteiger charge is -2.26. The summed E-state index contributed by atoms with van der Waals surface area (Å²) in [6.45, 7) is 3.15. The SMILES string of the molecule is C/C=C(/COP(=O)(O)CP(=O)(O)O)[C@@H](O)[C@@H](O)[C@@H](O)n1cnc2c(NCc3ccc(C)cc3)ncnc21. The minimum Gasteiger partial charge on any atom is -0.386 e. The van der Waals surface area contributed by atoms with E-state index in [-0.39, 0.29) is 11.2 Å². The largest absolute Gasteiger partial charge is 0.386 e. The summed E-state index contributed by atoms with van der Waals surface area (Å²) >= 11 is 0.